The zero-order chi connectivity index (χ0) is 17.9. The molecule has 24 heavy (non-hydrogen) atoms. The Balaban J connectivity index is 2.05. The molecule has 0 aliphatic carbocycles. The van der Waals surface area contributed by atoms with Crippen molar-refractivity contribution in [3.05, 3.63) is 59.7 Å². The van der Waals surface area contributed by atoms with Crippen molar-refractivity contribution in [1.29, 1.82) is 0 Å². The highest BCUT2D eigenvalue weighted by Gasteiger charge is 2.17. The van der Waals surface area contributed by atoms with Gasteiger partial charge in [-0.05, 0) is 29.8 Å². The van der Waals surface area contributed by atoms with E-state index in [0.717, 1.165) is 16.4 Å². The molecule has 0 aromatic heterocycles. The third kappa shape index (κ3) is 4.15. The summed E-state index contributed by atoms with van der Waals surface area (Å²) in [5, 5.41) is 2.45. The van der Waals surface area contributed by atoms with E-state index in [1.54, 1.807) is 0 Å². The van der Waals surface area contributed by atoms with Gasteiger partial charge in [0.15, 0.2) is 11.6 Å². The van der Waals surface area contributed by atoms with Gasteiger partial charge in [0, 0.05) is 25.8 Å². The van der Waals surface area contributed by atoms with Crippen molar-refractivity contribution in [2.24, 2.45) is 0 Å². The minimum atomic E-state index is -3.52. The summed E-state index contributed by atoms with van der Waals surface area (Å²) in [5.74, 6) is -2.47. The van der Waals surface area contributed by atoms with E-state index in [1.807, 2.05) is 0 Å². The van der Waals surface area contributed by atoms with Gasteiger partial charge in [-0.15, -0.1) is 0 Å². The van der Waals surface area contributed by atoms with Crippen molar-refractivity contribution < 1.29 is 22.0 Å². The lowest BCUT2D eigenvalue weighted by atomic mass is 10.1. The Morgan fingerprint density at radius 1 is 1.04 bits per heavy atom. The quantitative estimate of drug-likeness (QED) is 0.897. The summed E-state index contributed by atoms with van der Waals surface area (Å²) in [7, 11) is -0.666. The lowest BCUT2D eigenvalue weighted by Gasteiger charge is -2.11. The van der Waals surface area contributed by atoms with Gasteiger partial charge in [-0.1, -0.05) is 12.1 Å². The van der Waals surface area contributed by atoms with Crippen LogP contribution in [0.2, 0.25) is 0 Å². The summed E-state index contributed by atoms with van der Waals surface area (Å²) in [6.45, 7) is 0. The van der Waals surface area contributed by atoms with Crippen molar-refractivity contribution in [2.45, 2.75) is 11.3 Å². The van der Waals surface area contributed by atoms with Crippen LogP contribution in [0.15, 0.2) is 47.4 Å². The van der Waals surface area contributed by atoms with Crippen LogP contribution in [0, 0.1) is 11.6 Å². The molecule has 0 bridgehead atoms. The Morgan fingerprint density at radius 2 is 1.67 bits per heavy atom. The number of nitrogens with one attached hydrogen (secondary N) is 1. The number of nitrogens with zero attached hydrogens (tertiary/aromatic N) is 1. The number of benzene rings is 2. The molecule has 128 valence electrons. The van der Waals surface area contributed by atoms with Crippen LogP contribution in [-0.4, -0.2) is 32.7 Å². The molecule has 0 spiro atoms. The van der Waals surface area contributed by atoms with Crippen LogP contribution in [-0.2, 0) is 21.2 Å². The van der Waals surface area contributed by atoms with Crippen LogP contribution in [0.3, 0.4) is 0 Å². The van der Waals surface area contributed by atoms with E-state index in [2.05, 4.69) is 5.32 Å². The number of hydrogen-bond donors (Lipinski definition) is 1. The number of carbonyl (C=O) groups is 1. The zero-order valence-electron chi connectivity index (χ0n) is 13.1. The highest BCUT2D eigenvalue weighted by Crippen LogP contribution is 2.16. The Morgan fingerprint density at radius 3 is 2.21 bits per heavy atom. The summed E-state index contributed by atoms with van der Waals surface area (Å²) in [5.41, 5.74) is 0.735. The Kier molecular flexibility index (Phi) is 5.30. The van der Waals surface area contributed by atoms with Crippen LogP contribution in [0.1, 0.15) is 5.56 Å². The fourth-order valence-corrected chi connectivity index (χ4v) is 2.86. The topological polar surface area (TPSA) is 66.5 Å². The Hall–Kier alpha value is -2.32. The number of halogens is 2. The predicted octanol–water partition coefficient (Wildman–Crippen LogP) is 2.40. The summed E-state index contributed by atoms with van der Waals surface area (Å²) in [6, 6.07) is 8.95. The van der Waals surface area contributed by atoms with Crippen molar-refractivity contribution in [2.75, 3.05) is 19.4 Å². The van der Waals surface area contributed by atoms with Crippen molar-refractivity contribution in [3.63, 3.8) is 0 Å². The SMILES string of the molecule is CN(C)S(=O)(=O)c1ccc(CC(=O)Nc2ccc(F)c(F)c2)cc1. The molecular weight excluding hydrogens is 338 g/mol. The maximum absolute atomic E-state index is 13.1. The number of carbonyl (C=O) groups excluding carboxylic acids is 1. The number of rotatable bonds is 5. The van der Waals surface area contributed by atoms with Crippen molar-refractivity contribution in [1.82, 2.24) is 4.31 Å². The number of anilines is 1. The molecule has 2 rings (SSSR count). The molecule has 0 fully saturated rings. The van der Waals surface area contributed by atoms with E-state index in [1.165, 1.54) is 44.4 Å². The molecule has 1 N–H and O–H groups in total. The molecule has 0 saturated heterocycles. The van der Waals surface area contributed by atoms with E-state index in [4.69, 9.17) is 0 Å². The summed E-state index contributed by atoms with van der Waals surface area (Å²) < 4.78 is 50.9. The minimum Gasteiger partial charge on any atom is -0.326 e. The minimum absolute atomic E-state index is 0.0265. The van der Waals surface area contributed by atoms with Crippen LogP contribution in [0.4, 0.5) is 14.5 Å². The normalized spacial score (nSPS) is 11.5. The van der Waals surface area contributed by atoms with Crippen LogP contribution in [0.25, 0.3) is 0 Å². The number of hydrogen-bond acceptors (Lipinski definition) is 3. The first-order chi connectivity index (χ1) is 11.2. The molecule has 2 aromatic carbocycles. The number of amides is 1. The molecule has 0 aliphatic heterocycles. The maximum atomic E-state index is 13.1. The largest absolute Gasteiger partial charge is 0.326 e. The average Bonchev–Trinajstić information content (AvgIpc) is 2.51. The van der Waals surface area contributed by atoms with Gasteiger partial charge in [-0.25, -0.2) is 21.5 Å². The molecule has 0 aliphatic rings. The van der Waals surface area contributed by atoms with Gasteiger partial charge in [0.1, 0.15) is 0 Å². The lowest BCUT2D eigenvalue weighted by Crippen LogP contribution is -2.22. The fourth-order valence-electron chi connectivity index (χ4n) is 1.95. The van der Waals surface area contributed by atoms with Gasteiger partial charge in [0.2, 0.25) is 15.9 Å². The monoisotopic (exact) mass is 354 g/mol. The highest BCUT2D eigenvalue weighted by molar-refractivity contribution is 7.89. The molecule has 0 radical (unpaired) electrons. The summed E-state index contributed by atoms with van der Waals surface area (Å²) in [4.78, 5) is 12.0. The van der Waals surface area contributed by atoms with E-state index in [-0.39, 0.29) is 17.0 Å². The second-order valence-electron chi connectivity index (χ2n) is 5.29. The fraction of sp³-hybridized carbons (Fsp3) is 0.188. The van der Waals surface area contributed by atoms with Gasteiger partial charge in [0.25, 0.3) is 0 Å². The molecule has 2 aromatic rings. The molecule has 0 saturated carbocycles. The van der Waals surface area contributed by atoms with E-state index in [9.17, 15) is 22.0 Å². The first-order valence-corrected chi connectivity index (χ1v) is 8.40. The van der Waals surface area contributed by atoms with Crippen molar-refractivity contribution in [3.8, 4) is 0 Å². The van der Waals surface area contributed by atoms with Crippen molar-refractivity contribution >= 4 is 21.6 Å². The van der Waals surface area contributed by atoms with Gasteiger partial charge in [0.05, 0.1) is 11.3 Å². The van der Waals surface area contributed by atoms with E-state index in [0.29, 0.717) is 5.56 Å². The van der Waals surface area contributed by atoms with E-state index < -0.39 is 27.6 Å². The molecule has 0 atom stereocenters. The second-order valence-corrected chi connectivity index (χ2v) is 7.44. The molecule has 1 amide bonds. The molecule has 8 heteroatoms. The van der Waals surface area contributed by atoms with Gasteiger partial charge in [-0.3, -0.25) is 4.79 Å². The average molecular weight is 354 g/mol. The van der Waals surface area contributed by atoms with Crippen LogP contribution < -0.4 is 5.32 Å². The third-order valence-corrected chi connectivity index (χ3v) is 5.10. The van der Waals surface area contributed by atoms with Gasteiger partial charge >= 0.3 is 0 Å². The molecule has 0 unspecified atom stereocenters. The standard InChI is InChI=1S/C16H16F2N2O3S/c1-20(2)24(22,23)13-6-3-11(4-7-13)9-16(21)19-12-5-8-14(17)15(18)10-12/h3-8,10H,9H2,1-2H3,(H,19,21). The molecule has 0 heterocycles. The summed E-state index contributed by atoms with van der Waals surface area (Å²) in [6.07, 6.45) is -0.0265. The van der Waals surface area contributed by atoms with Gasteiger partial charge in [-0.2, -0.15) is 0 Å². The first kappa shape index (κ1) is 18.0. The second kappa shape index (κ2) is 7.06. The first-order valence-electron chi connectivity index (χ1n) is 6.96. The molecular formula is C16H16F2N2O3S. The maximum Gasteiger partial charge on any atom is 0.242 e. The lowest BCUT2D eigenvalue weighted by molar-refractivity contribution is -0.115. The van der Waals surface area contributed by atoms with Crippen LogP contribution in [0.5, 0.6) is 0 Å². The third-order valence-electron chi connectivity index (χ3n) is 3.27. The zero-order valence-corrected chi connectivity index (χ0v) is 13.9. The molecule has 5 nitrogen and oxygen atoms in total. The Bertz CT molecular complexity index is 850. The van der Waals surface area contributed by atoms with E-state index >= 15 is 0 Å². The van der Waals surface area contributed by atoms with Gasteiger partial charge < -0.3 is 5.32 Å². The van der Waals surface area contributed by atoms with Crippen LogP contribution >= 0.6 is 0 Å². The number of sulfonamides is 1. The Labute approximate surface area is 139 Å². The summed E-state index contributed by atoms with van der Waals surface area (Å²) >= 11 is 0. The smallest absolute Gasteiger partial charge is 0.242 e. The highest BCUT2D eigenvalue weighted by atomic mass is 32.2. The predicted molar refractivity (Wildman–Crippen MR) is 86.0 cm³/mol.